The normalized spacial score (nSPS) is 12.9. The van der Waals surface area contributed by atoms with Crippen LogP contribution in [-0.4, -0.2) is 5.91 Å². The second-order valence-corrected chi connectivity index (χ2v) is 8.12. The summed E-state index contributed by atoms with van der Waals surface area (Å²) in [4.78, 5) is 11.9. The van der Waals surface area contributed by atoms with Crippen molar-refractivity contribution in [3.63, 3.8) is 0 Å². The van der Waals surface area contributed by atoms with Crippen LogP contribution >= 0.6 is 34.8 Å². The van der Waals surface area contributed by atoms with Crippen molar-refractivity contribution < 1.29 is 4.79 Å². The van der Waals surface area contributed by atoms with Crippen molar-refractivity contribution in [1.82, 2.24) is 0 Å². The number of carbonyl (C=O) groups excluding carboxylic acids is 1. The summed E-state index contributed by atoms with van der Waals surface area (Å²) >= 11 is 18.4. The first-order valence-electron chi connectivity index (χ1n) is 7.62. The van der Waals surface area contributed by atoms with E-state index in [2.05, 4.69) is 20.8 Å². The Bertz CT molecular complexity index is 766. The van der Waals surface area contributed by atoms with Crippen LogP contribution < -0.4 is 5.73 Å². The number of amides is 1. The molecule has 1 unspecified atom stereocenters. The average molecular weight is 385 g/mol. The molecule has 0 radical (unpaired) electrons. The fourth-order valence-corrected chi connectivity index (χ4v) is 3.43. The lowest BCUT2D eigenvalue weighted by atomic mass is 9.85. The zero-order valence-electron chi connectivity index (χ0n) is 13.9. The molecule has 2 aromatic rings. The van der Waals surface area contributed by atoms with Gasteiger partial charge >= 0.3 is 0 Å². The third kappa shape index (κ3) is 4.44. The Hall–Kier alpha value is -1.22. The molecule has 2 nitrogen and oxygen atoms in total. The maximum absolute atomic E-state index is 11.9. The molecule has 1 amide bonds. The van der Waals surface area contributed by atoms with Crippen LogP contribution in [0.25, 0.3) is 0 Å². The summed E-state index contributed by atoms with van der Waals surface area (Å²) in [5.74, 6) is -0.902. The topological polar surface area (TPSA) is 43.1 Å². The van der Waals surface area contributed by atoms with E-state index < -0.39 is 11.8 Å². The van der Waals surface area contributed by atoms with Gasteiger partial charge in [0.1, 0.15) is 0 Å². The third-order valence-electron chi connectivity index (χ3n) is 3.97. The fraction of sp³-hybridized carbons (Fsp3) is 0.316. The number of hydrogen-bond donors (Lipinski definition) is 1. The minimum Gasteiger partial charge on any atom is -0.369 e. The number of hydrogen-bond acceptors (Lipinski definition) is 1. The van der Waals surface area contributed by atoms with Crippen LogP contribution in [0.4, 0.5) is 0 Å². The standard InChI is InChI=1S/C19H20Cl3NO/c1-19(2,3)14-6-4-11(9-16(14)21)8-13(18(23)24)12-5-7-15(20)17(22)10-12/h4-7,9-10,13H,8H2,1-3H3,(H2,23,24). The summed E-state index contributed by atoms with van der Waals surface area (Å²) in [5.41, 5.74) is 8.31. The largest absolute Gasteiger partial charge is 0.369 e. The van der Waals surface area contributed by atoms with Gasteiger partial charge in [-0.25, -0.2) is 0 Å². The second-order valence-electron chi connectivity index (χ2n) is 6.90. The second kappa shape index (κ2) is 7.35. The molecule has 5 heteroatoms. The van der Waals surface area contributed by atoms with Crippen molar-refractivity contribution in [2.75, 3.05) is 0 Å². The molecule has 2 N–H and O–H groups in total. The molecule has 0 aromatic heterocycles. The van der Waals surface area contributed by atoms with Gasteiger partial charge < -0.3 is 5.73 Å². The van der Waals surface area contributed by atoms with Crippen LogP contribution in [0.3, 0.4) is 0 Å². The van der Waals surface area contributed by atoms with Gasteiger partial charge in [-0.05, 0) is 46.7 Å². The highest BCUT2D eigenvalue weighted by Gasteiger charge is 2.22. The first-order valence-corrected chi connectivity index (χ1v) is 8.76. The van der Waals surface area contributed by atoms with Gasteiger partial charge in [0, 0.05) is 5.02 Å². The van der Waals surface area contributed by atoms with Crippen LogP contribution in [-0.2, 0) is 16.6 Å². The molecule has 24 heavy (non-hydrogen) atoms. The zero-order chi connectivity index (χ0) is 18.1. The lowest BCUT2D eigenvalue weighted by molar-refractivity contribution is -0.119. The first-order chi connectivity index (χ1) is 11.1. The average Bonchev–Trinajstić information content (AvgIpc) is 2.46. The minimum absolute atomic E-state index is 0.0393. The SMILES string of the molecule is CC(C)(C)c1ccc(CC(C(N)=O)c2ccc(Cl)c(Cl)c2)cc1Cl. The Balaban J connectivity index is 2.33. The van der Waals surface area contributed by atoms with Crippen molar-refractivity contribution in [1.29, 1.82) is 0 Å². The maximum atomic E-state index is 11.9. The summed E-state index contributed by atoms with van der Waals surface area (Å²) in [6.45, 7) is 6.32. The van der Waals surface area contributed by atoms with Crippen LogP contribution in [0.15, 0.2) is 36.4 Å². The smallest absolute Gasteiger partial charge is 0.225 e. The monoisotopic (exact) mass is 383 g/mol. The summed E-state index contributed by atoms with van der Waals surface area (Å²) in [5, 5.41) is 1.54. The van der Waals surface area contributed by atoms with E-state index >= 15 is 0 Å². The molecule has 0 fully saturated rings. The molecular weight excluding hydrogens is 365 g/mol. The van der Waals surface area contributed by atoms with Gasteiger partial charge in [0.25, 0.3) is 0 Å². The molecule has 128 valence electrons. The van der Waals surface area contributed by atoms with E-state index in [0.717, 1.165) is 16.7 Å². The van der Waals surface area contributed by atoms with E-state index in [1.165, 1.54) is 0 Å². The third-order valence-corrected chi connectivity index (χ3v) is 5.02. The van der Waals surface area contributed by atoms with Gasteiger partial charge in [-0.3, -0.25) is 4.79 Å². The van der Waals surface area contributed by atoms with E-state index in [1.807, 2.05) is 18.2 Å². The number of primary amides is 1. The lowest BCUT2D eigenvalue weighted by Crippen LogP contribution is -2.23. The van der Waals surface area contributed by atoms with Crippen molar-refractivity contribution in [3.05, 3.63) is 68.2 Å². The molecule has 0 heterocycles. The minimum atomic E-state index is -0.490. The molecule has 0 saturated heterocycles. The van der Waals surface area contributed by atoms with E-state index in [4.69, 9.17) is 40.5 Å². The highest BCUT2D eigenvalue weighted by Crippen LogP contribution is 2.32. The Morgan fingerprint density at radius 2 is 1.67 bits per heavy atom. The zero-order valence-corrected chi connectivity index (χ0v) is 16.1. The van der Waals surface area contributed by atoms with E-state index in [9.17, 15) is 4.79 Å². The molecule has 1 atom stereocenters. The Morgan fingerprint density at radius 3 is 2.17 bits per heavy atom. The summed E-state index contributed by atoms with van der Waals surface area (Å²) in [7, 11) is 0. The molecular formula is C19H20Cl3NO. The van der Waals surface area contributed by atoms with E-state index in [-0.39, 0.29) is 5.41 Å². The van der Waals surface area contributed by atoms with Gasteiger partial charge in [0.15, 0.2) is 0 Å². The number of halogens is 3. The Kier molecular flexibility index (Phi) is 5.85. The Morgan fingerprint density at radius 1 is 1.00 bits per heavy atom. The van der Waals surface area contributed by atoms with Crippen LogP contribution in [0.2, 0.25) is 15.1 Å². The number of rotatable bonds is 4. The molecule has 0 aliphatic rings. The van der Waals surface area contributed by atoms with Crippen molar-refractivity contribution in [2.24, 2.45) is 5.73 Å². The summed E-state index contributed by atoms with van der Waals surface area (Å²) < 4.78 is 0. The van der Waals surface area contributed by atoms with Crippen LogP contribution in [0.5, 0.6) is 0 Å². The number of carbonyl (C=O) groups is 1. The van der Waals surface area contributed by atoms with Gasteiger partial charge in [-0.1, -0.05) is 73.8 Å². The summed E-state index contributed by atoms with van der Waals surface area (Å²) in [6, 6.07) is 11.0. The summed E-state index contributed by atoms with van der Waals surface area (Å²) in [6.07, 6.45) is 0.456. The number of benzene rings is 2. The van der Waals surface area contributed by atoms with Gasteiger partial charge in [0.2, 0.25) is 5.91 Å². The predicted octanol–water partition coefficient (Wildman–Crippen LogP) is 5.76. The number of nitrogens with two attached hydrogens (primary N) is 1. The van der Waals surface area contributed by atoms with Gasteiger partial charge in [0.05, 0.1) is 16.0 Å². The first kappa shape index (κ1) is 19.1. The molecule has 2 rings (SSSR count). The lowest BCUT2D eigenvalue weighted by Gasteiger charge is -2.22. The van der Waals surface area contributed by atoms with E-state index in [1.54, 1.807) is 18.2 Å². The quantitative estimate of drug-likeness (QED) is 0.716. The van der Waals surface area contributed by atoms with Crippen molar-refractivity contribution in [2.45, 2.75) is 38.5 Å². The van der Waals surface area contributed by atoms with Gasteiger partial charge in [-0.2, -0.15) is 0 Å². The predicted molar refractivity (Wildman–Crippen MR) is 102 cm³/mol. The Labute approximate surface area is 157 Å². The molecule has 2 aromatic carbocycles. The van der Waals surface area contributed by atoms with Crippen molar-refractivity contribution in [3.8, 4) is 0 Å². The maximum Gasteiger partial charge on any atom is 0.225 e. The van der Waals surface area contributed by atoms with Crippen molar-refractivity contribution >= 4 is 40.7 Å². The molecule has 0 bridgehead atoms. The van der Waals surface area contributed by atoms with Crippen LogP contribution in [0, 0.1) is 0 Å². The molecule has 0 aliphatic carbocycles. The molecule has 0 spiro atoms. The fourth-order valence-electron chi connectivity index (χ4n) is 2.64. The van der Waals surface area contributed by atoms with Gasteiger partial charge in [-0.15, -0.1) is 0 Å². The molecule has 0 saturated carbocycles. The van der Waals surface area contributed by atoms with Crippen LogP contribution in [0.1, 0.15) is 43.4 Å². The molecule has 0 aliphatic heterocycles. The van der Waals surface area contributed by atoms with E-state index in [0.29, 0.717) is 21.5 Å². The highest BCUT2D eigenvalue weighted by molar-refractivity contribution is 6.42. The highest BCUT2D eigenvalue weighted by atomic mass is 35.5.